The Morgan fingerprint density at radius 1 is 1.45 bits per heavy atom. The number of carbonyl (C=O) groups is 1. The maximum absolute atomic E-state index is 12.7. The maximum atomic E-state index is 12.7. The number of hydrogen-bond acceptors (Lipinski definition) is 4. The van der Waals surface area contributed by atoms with Gasteiger partial charge < -0.3 is 4.90 Å². The molecule has 1 atom stereocenters. The molecule has 118 valence electrons. The van der Waals surface area contributed by atoms with Crippen LogP contribution in [0, 0.1) is 17.2 Å². The summed E-state index contributed by atoms with van der Waals surface area (Å²) in [6.07, 6.45) is 7.03. The third kappa shape index (κ3) is 3.61. The number of pyridine rings is 1. The fraction of sp³-hybridized carbons (Fsp3) is 0.588. The van der Waals surface area contributed by atoms with Crippen LogP contribution in [0.3, 0.4) is 0 Å². The van der Waals surface area contributed by atoms with Crippen LogP contribution < -0.4 is 0 Å². The van der Waals surface area contributed by atoms with Gasteiger partial charge in [0.25, 0.3) is 0 Å². The number of nitriles is 1. The van der Waals surface area contributed by atoms with E-state index >= 15 is 0 Å². The summed E-state index contributed by atoms with van der Waals surface area (Å²) in [4.78, 5) is 19.4. The molecule has 0 aromatic carbocycles. The average molecular weight is 317 g/mol. The van der Waals surface area contributed by atoms with Gasteiger partial charge in [-0.3, -0.25) is 9.78 Å². The molecule has 1 aromatic heterocycles. The van der Waals surface area contributed by atoms with Gasteiger partial charge in [-0.1, -0.05) is 6.92 Å². The second kappa shape index (κ2) is 7.15. The molecule has 0 unspecified atom stereocenters. The van der Waals surface area contributed by atoms with Gasteiger partial charge in [0.05, 0.1) is 11.3 Å². The quantitative estimate of drug-likeness (QED) is 0.798. The smallest absolute Gasteiger partial charge is 0.236 e. The summed E-state index contributed by atoms with van der Waals surface area (Å²) in [7, 11) is 1.78. The minimum absolute atomic E-state index is 0.0258. The molecule has 0 bridgehead atoms. The lowest BCUT2D eigenvalue weighted by molar-refractivity contribution is -0.134. The number of aromatic nitrogens is 1. The molecule has 1 saturated carbocycles. The molecule has 0 aliphatic heterocycles. The lowest BCUT2D eigenvalue weighted by atomic mass is 9.77. The van der Waals surface area contributed by atoms with E-state index in [4.69, 9.17) is 0 Å². The van der Waals surface area contributed by atoms with Crippen LogP contribution in [-0.4, -0.2) is 33.6 Å². The maximum Gasteiger partial charge on any atom is 0.236 e. The molecule has 1 aliphatic rings. The Balaban J connectivity index is 2.05. The summed E-state index contributed by atoms with van der Waals surface area (Å²) in [6.45, 7) is 4.12. The highest BCUT2D eigenvalue weighted by Gasteiger charge is 2.41. The van der Waals surface area contributed by atoms with Gasteiger partial charge in [0.1, 0.15) is 5.54 Å². The molecular formula is C17H23N3OS. The fourth-order valence-corrected chi connectivity index (χ4v) is 3.86. The Bertz CT molecular complexity index is 547. The highest BCUT2D eigenvalue weighted by molar-refractivity contribution is 8.00. The SMILES string of the molecule is CC1CCC(C#N)(N(C)C(=O)[C@H](C)Sc2ccncc2)CC1. The van der Waals surface area contributed by atoms with Crippen LogP contribution in [-0.2, 0) is 4.79 Å². The van der Waals surface area contributed by atoms with Gasteiger partial charge >= 0.3 is 0 Å². The number of thioether (sulfide) groups is 1. The monoisotopic (exact) mass is 317 g/mol. The van der Waals surface area contributed by atoms with Crippen molar-refractivity contribution >= 4 is 17.7 Å². The minimum atomic E-state index is -0.628. The Kier molecular flexibility index (Phi) is 5.47. The van der Waals surface area contributed by atoms with E-state index in [0.29, 0.717) is 5.92 Å². The van der Waals surface area contributed by atoms with Crippen molar-refractivity contribution in [2.75, 3.05) is 7.05 Å². The predicted octanol–water partition coefficient (Wildman–Crippen LogP) is 3.49. The van der Waals surface area contributed by atoms with Crippen LogP contribution in [0.1, 0.15) is 39.5 Å². The molecule has 1 amide bonds. The van der Waals surface area contributed by atoms with E-state index < -0.39 is 5.54 Å². The first-order valence-corrected chi connectivity index (χ1v) is 8.62. The van der Waals surface area contributed by atoms with Crippen LogP contribution >= 0.6 is 11.8 Å². The van der Waals surface area contributed by atoms with Gasteiger partial charge in [-0.05, 0) is 50.7 Å². The number of carbonyl (C=O) groups excluding carboxylic acids is 1. The molecule has 0 spiro atoms. The molecule has 1 fully saturated rings. The summed E-state index contributed by atoms with van der Waals surface area (Å²) in [5.41, 5.74) is -0.628. The molecule has 1 heterocycles. The zero-order valence-corrected chi connectivity index (χ0v) is 14.3. The zero-order valence-electron chi connectivity index (χ0n) is 13.5. The normalized spacial score (nSPS) is 26.0. The van der Waals surface area contributed by atoms with E-state index in [2.05, 4.69) is 18.0 Å². The second-order valence-electron chi connectivity index (χ2n) is 6.17. The van der Waals surface area contributed by atoms with Crippen LogP contribution in [0.25, 0.3) is 0 Å². The van der Waals surface area contributed by atoms with Gasteiger partial charge in [0, 0.05) is 24.3 Å². The molecule has 1 aromatic rings. The van der Waals surface area contributed by atoms with Crippen molar-refractivity contribution in [3.8, 4) is 6.07 Å². The van der Waals surface area contributed by atoms with Gasteiger partial charge in [-0.15, -0.1) is 11.8 Å². The third-order valence-corrected chi connectivity index (χ3v) is 5.69. The summed E-state index contributed by atoms with van der Waals surface area (Å²) in [6, 6.07) is 6.22. The fourth-order valence-electron chi connectivity index (χ4n) is 2.92. The van der Waals surface area contributed by atoms with E-state index in [0.717, 1.165) is 30.6 Å². The first kappa shape index (κ1) is 16.8. The van der Waals surface area contributed by atoms with Crippen molar-refractivity contribution in [3.05, 3.63) is 24.5 Å². The van der Waals surface area contributed by atoms with Crippen molar-refractivity contribution in [3.63, 3.8) is 0 Å². The van der Waals surface area contributed by atoms with Gasteiger partial charge in [0.15, 0.2) is 0 Å². The number of rotatable bonds is 4. The topological polar surface area (TPSA) is 57.0 Å². The summed E-state index contributed by atoms with van der Waals surface area (Å²) >= 11 is 1.51. The number of hydrogen-bond donors (Lipinski definition) is 0. The standard InChI is InChI=1S/C17H23N3OS/c1-13-4-8-17(12-18,9-5-13)20(3)16(21)14(2)22-15-6-10-19-11-7-15/h6-7,10-11,13-14H,4-5,8-9H2,1-3H3/t13?,14-,17?/m0/s1. The molecule has 5 heteroatoms. The number of amides is 1. The lowest BCUT2D eigenvalue weighted by Crippen LogP contribution is -2.52. The van der Waals surface area contributed by atoms with Crippen LogP contribution in [0.4, 0.5) is 0 Å². The Morgan fingerprint density at radius 2 is 2.05 bits per heavy atom. The van der Waals surface area contributed by atoms with Crippen LogP contribution in [0.2, 0.25) is 0 Å². The minimum Gasteiger partial charge on any atom is -0.326 e. The van der Waals surface area contributed by atoms with E-state index in [-0.39, 0.29) is 11.2 Å². The van der Waals surface area contributed by atoms with Crippen molar-refractivity contribution < 1.29 is 4.79 Å². The third-order valence-electron chi connectivity index (χ3n) is 4.59. The average Bonchev–Trinajstić information content (AvgIpc) is 2.55. The number of nitrogens with zero attached hydrogens (tertiary/aromatic N) is 3. The molecular weight excluding hydrogens is 294 g/mol. The molecule has 1 aliphatic carbocycles. The Morgan fingerprint density at radius 3 is 2.59 bits per heavy atom. The molecule has 4 nitrogen and oxygen atoms in total. The summed E-state index contributed by atoms with van der Waals surface area (Å²) < 4.78 is 0. The van der Waals surface area contributed by atoms with Crippen molar-refractivity contribution in [2.24, 2.45) is 5.92 Å². The van der Waals surface area contributed by atoms with Crippen molar-refractivity contribution in [1.29, 1.82) is 5.26 Å². The van der Waals surface area contributed by atoms with E-state index in [1.807, 2.05) is 19.1 Å². The highest BCUT2D eigenvalue weighted by Crippen LogP contribution is 2.36. The van der Waals surface area contributed by atoms with Gasteiger partial charge in [-0.25, -0.2) is 0 Å². The van der Waals surface area contributed by atoms with E-state index in [1.54, 1.807) is 24.3 Å². The van der Waals surface area contributed by atoms with Crippen molar-refractivity contribution in [2.45, 2.75) is 55.2 Å². The summed E-state index contributed by atoms with van der Waals surface area (Å²) in [5.74, 6) is 0.673. The zero-order chi connectivity index (χ0) is 16.2. The molecule has 22 heavy (non-hydrogen) atoms. The first-order chi connectivity index (χ1) is 10.5. The molecule has 2 rings (SSSR count). The Labute approximate surface area is 136 Å². The van der Waals surface area contributed by atoms with Crippen molar-refractivity contribution in [1.82, 2.24) is 9.88 Å². The van der Waals surface area contributed by atoms with Gasteiger partial charge in [-0.2, -0.15) is 5.26 Å². The second-order valence-corrected chi connectivity index (χ2v) is 7.58. The molecule has 0 saturated heterocycles. The largest absolute Gasteiger partial charge is 0.326 e. The molecule has 0 radical (unpaired) electrons. The van der Waals surface area contributed by atoms with E-state index in [1.165, 1.54) is 11.8 Å². The lowest BCUT2D eigenvalue weighted by Gasteiger charge is -2.41. The Hall–Kier alpha value is -1.54. The molecule has 0 N–H and O–H groups in total. The first-order valence-electron chi connectivity index (χ1n) is 7.74. The summed E-state index contributed by atoms with van der Waals surface area (Å²) in [5, 5.41) is 9.45. The van der Waals surface area contributed by atoms with E-state index in [9.17, 15) is 10.1 Å². The highest BCUT2D eigenvalue weighted by atomic mass is 32.2. The van der Waals surface area contributed by atoms with Crippen LogP contribution in [0.5, 0.6) is 0 Å². The van der Waals surface area contributed by atoms with Gasteiger partial charge in [0.2, 0.25) is 5.91 Å². The van der Waals surface area contributed by atoms with Crippen LogP contribution in [0.15, 0.2) is 29.4 Å². The predicted molar refractivity (Wildman–Crippen MR) is 88.3 cm³/mol.